The predicted molar refractivity (Wildman–Crippen MR) is 115 cm³/mol. The molecule has 0 unspecified atom stereocenters. The van der Waals surface area contributed by atoms with Gasteiger partial charge in [0.2, 0.25) is 10.0 Å². The Kier molecular flexibility index (Phi) is 5.71. The van der Waals surface area contributed by atoms with E-state index < -0.39 is 10.0 Å². The van der Waals surface area contributed by atoms with Gasteiger partial charge in [0.05, 0.1) is 6.04 Å². The Labute approximate surface area is 177 Å². The van der Waals surface area contributed by atoms with Gasteiger partial charge in [-0.3, -0.25) is 0 Å². The number of anilines is 1. The van der Waals surface area contributed by atoms with Crippen molar-refractivity contribution in [1.82, 2.24) is 9.21 Å². The predicted octanol–water partition coefficient (Wildman–Crippen LogP) is 3.46. The van der Waals surface area contributed by atoms with Crippen molar-refractivity contribution in [2.75, 3.05) is 25.0 Å². The minimum Gasteiger partial charge on any atom is -0.487 e. The van der Waals surface area contributed by atoms with Gasteiger partial charge in [0.25, 0.3) is 0 Å². The highest BCUT2D eigenvalue weighted by Gasteiger charge is 2.42. The normalized spacial score (nSPS) is 23.3. The maximum absolute atomic E-state index is 13.3. The lowest BCUT2D eigenvalue weighted by Gasteiger charge is -2.30. The summed E-state index contributed by atoms with van der Waals surface area (Å²) in [7, 11) is -3.66. The molecule has 0 bridgehead atoms. The van der Waals surface area contributed by atoms with E-state index in [-0.39, 0.29) is 23.1 Å². The van der Waals surface area contributed by atoms with E-state index in [1.165, 1.54) is 4.31 Å². The molecule has 1 saturated heterocycles. The van der Waals surface area contributed by atoms with Crippen LogP contribution in [-0.2, 0) is 10.0 Å². The lowest BCUT2D eigenvalue weighted by atomic mass is 10.1. The van der Waals surface area contributed by atoms with E-state index in [1.807, 2.05) is 38.1 Å². The minimum absolute atomic E-state index is 0.174. The second-order valence-electron chi connectivity index (χ2n) is 7.69. The molecule has 1 fully saturated rings. The Morgan fingerprint density at radius 2 is 1.80 bits per heavy atom. The monoisotopic (exact) mass is 429 g/mol. The number of likely N-dealkylation sites (tertiary alicyclic amines) is 1. The molecular formula is C22H27N3O4S. The number of carbonyl (C=O) groups is 1. The summed E-state index contributed by atoms with van der Waals surface area (Å²) >= 11 is 0. The van der Waals surface area contributed by atoms with E-state index in [1.54, 1.807) is 29.2 Å². The van der Waals surface area contributed by atoms with E-state index in [0.717, 1.165) is 11.3 Å². The Morgan fingerprint density at radius 1 is 1.10 bits per heavy atom. The fraction of sp³-hybridized carbons (Fsp3) is 0.409. The van der Waals surface area contributed by atoms with Crippen LogP contribution in [0.1, 0.15) is 25.3 Å². The van der Waals surface area contributed by atoms with Gasteiger partial charge in [-0.15, -0.1) is 0 Å². The van der Waals surface area contributed by atoms with Gasteiger partial charge in [0, 0.05) is 31.7 Å². The summed E-state index contributed by atoms with van der Waals surface area (Å²) in [5.41, 5.74) is 1.78. The highest BCUT2D eigenvalue weighted by molar-refractivity contribution is 7.89. The van der Waals surface area contributed by atoms with Gasteiger partial charge in [0.15, 0.2) is 0 Å². The first kappa shape index (κ1) is 20.7. The number of amides is 2. The minimum atomic E-state index is -3.66. The zero-order valence-electron chi connectivity index (χ0n) is 17.2. The van der Waals surface area contributed by atoms with Crippen molar-refractivity contribution in [2.45, 2.75) is 43.7 Å². The smallest absolute Gasteiger partial charge is 0.321 e. The molecule has 2 atom stereocenters. The number of fused-ring (bicyclic) bond motifs is 2. The summed E-state index contributed by atoms with van der Waals surface area (Å²) in [5, 5.41) is 2.97. The number of aryl methyl sites for hydroxylation is 1. The summed E-state index contributed by atoms with van der Waals surface area (Å²) < 4.78 is 34.3. The summed E-state index contributed by atoms with van der Waals surface area (Å²) in [6.07, 6.45) is 0.777. The number of benzene rings is 2. The third kappa shape index (κ3) is 3.77. The zero-order chi connectivity index (χ0) is 21.3. The molecule has 0 aliphatic carbocycles. The molecule has 0 aromatic heterocycles. The molecule has 0 saturated carbocycles. The van der Waals surface area contributed by atoms with Crippen molar-refractivity contribution in [3.63, 3.8) is 0 Å². The van der Waals surface area contributed by atoms with E-state index in [0.29, 0.717) is 38.2 Å². The fourth-order valence-electron chi connectivity index (χ4n) is 4.27. The van der Waals surface area contributed by atoms with Crippen LogP contribution in [0.4, 0.5) is 10.5 Å². The highest BCUT2D eigenvalue weighted by atomic mass is 32.2. The average Bonchev–Trinajstić information content (AvgIpc) is 2.97. The van der Waals surface area contributed by atoms with Crippen LogP contribution in [0.2, 0.25) is 0 Å². The van der Waals surface area contributed by atoms with Crippen LogP contribution in [0.25, 0.3) is 0 Å². The molecular weight excluding hydrogens is 402 g/mol. The van der Waals surface area contributed by atoms with E-state index >= 15 is 0 Å². The largest absolute Gasteiger partial charge is 0.487 e. The third-order valence-electron chi connectivity index (χ3n) is 5.88. The van der Waals surface area contributed by atoms with Gasteiger partial charge in [0.1, 0.15) is 16.7 Å². The van der Waals surface area contributed by atoms with E-state index in [2.05, 4.69) is 5.32 Å². The summed E-state index contributed by atoms with van der Waals surface area (Å²) in [6.45, 7) is 5.11. The van der Waals surface area contributed by atoms with Crippen LogP contribution in [0.5, 0.6) is 5.75 Å². The van der Waals surface area contributed by atoms with Gasteiger partial charge in [-0.05, 0) is 37.1 Å². The highest BCUT2D eigenvalue weighted by Crippen LogP contribution is 2.36. The standard InChI is InChI=1S/C22H27N3O4S/c1-3-25-18-12-14-24(22(26)23-17-9-5-4-8-16(17)2)15-13-19(18)29-20-10-6-7-11-21(20)30(25,27)28/h4-11,18-19H,3,12-15H2,1-2H3,(H,23,26)/t18-,19-/m1/s1. The Bertz CT molecular complexity index is 1040. The molecule has 2 aliphatic heterocycles. The van der Waals surface area contributed by atoms with Crippen LogP contribution in [0, 0.1) is 6.92 Å². The molecule has 0 spiro atoms. The van der Waals surface area contributed by atoms with Crippen LogP contribution < -0.4 is 10.1 Å². The zero-order valence-corrected chi connectivity index (χ0v) is 18.1. The van der Waals surface area contributed by atoms with Crippen LogP contribution in [0.15, 0.2) is 53.4 Å². The molecule has 2 heterocycles. The first-order valence-electron chi connectivity index (χ1n) is 10.3. The number of nitrogens with one attached hydrogen (secondary N) is 1. The first-order valence-corrected chi connectivity index (χ1v) is 11.7. The maximum Gasteiger partial charge on any atom is 0.321 e. The summed E-state index contributed by atoms with van der Waals surface area (Å²) in [5.74, 6) is 0.390. The van der Waals surface area contributed by atoms with E-state index in [4.69, 9.17) is 4.74 Å². The Hall–Kier alpha value is -2.58. The van der Waals surface area contributed by atoms with Gasteiger partial charge in [-0.2, -0.15) is 4.31 Å². The molecule has 1 N–H and O–H groups in total. The van der Waals surface area contributed by atoms with Gasteiger partial charge in [-0.25, -0.2) is 13.2 Å². The average molecular weight is 430 g/mol. The second-order valence-corrected chi connectivity index (χ2v) is 9.55. The number of nitrogens with zero attached hydrogens (tertiary/aromatic N) is 2. The number of rotatable bonds is 2. The molecule has 4 rings (SSSR count). The number of urea groups is 1. The lowest BCUT2D eigenvalue weighted by molar-refractivity contribution is 0.115. The maximum atomic E-state index is 13.3. The number of para-hydroxylation sites is 2. The summed E-state index contributed by atoms with van der Waals surface area (Å²) in [6, 6.07) is 14.0. The second kappa shape index (κ2) is 8.28. The molecule has 7 nitrogen and oxygen atoms in total. The quantitative estimate of drug-likeness (QED) is 0.793. The van der Waals surface area contributed by atoms with Gasteiger partial charge >= 0.3 is 6.03 Å². The molecule has 8 heteroatoms. The van der Waals surface area contributed by atoms with Crippen molar-refractivity contribution >= 4 is 21.7 Å². The van der Waals surface area contributed by atoms with Crippen LogP contribution in [0.3, 0.4) is 0 Å². The molecule has 160 valence electrons. The Balaban J connectivity index is 1.57. The van der Waals surface area contributed by atoms with Crippen LogP contribution >= 0.6 is 0 Å². The molecule has 30 heavy (non-hydrogen) atoms. The summed E-state index contributed by atoms with van der Waals surface area (Å²) in [4.78, 5) is 14.8. The topological polar surface area (TPSA) is 79.0 Å². The number of sulfonamides is 1. The number of carbonyl (C=O) groups excluding carboxylic acids is 1. The van der Waals surface area contributed by atoms with Crippen molar-refractivity contribution < 1.29 is 17.9 Å². The number of ether oxygens (including phenoxy) is 1. The number of hydrogen-bond donors (Lipinski definition) is 1. The lowest BCUT2D eigenvalue weighted by Crippen LogP contribution is -2.47. The van der Waals surface area contributed by atoms with Gasteiger partial charge < -0.3 is 15.0 Å². The number of likely N-dealkylation sites (N-methyl/N-ethyl adjacent to an activating group) is 1. The van der Waals surface area contributed by atoms with Crippen molar-refractivity contribution in [3.05, 3.63) is 54.1 Å². The Morgan fingerprint density at radius 3 is 2.57 bits per heavy atom. The third-order valence-corrected chi connectivity index (χ3v) is 7.92. The first-order chi connectivity index (χ1) is 14.4. The van der Waals surface area contributed by atoms with Gasteiger partial charge in [-0.1, -0.05) is 37.3 Å². The molecule has 2 aromatic carbocycles. The molecule has 2 aliphatic rings. The molecule has 2 amide bonds. The number of hydrogen-bond acceptors (Lipinski definition) is 4. The van der Waals surface area contributed by atoms with Crippen LogP contribution in [-0.4, -0.2) is 55.4 Å². The van der Waals surface area contributed by atoms with E-state index in [9.17, 15) is 13.2 Å². The van der Waals surface area contributed by atoms with Crippen molar-refractivity contribution in [2.24, 2.45) is 0 Å². The fourth-order valence-corrected chi connectivity index (χ4v) is 6.08. The van der Waals surface area contributed by atoms with Crippen molar-refractivity contribution in [1.29, 1.82) is 0 Å². The SMILES string of the molecule is CCN1[C@@H]2CCN(C(=O)Nc3ccccc3C)CC[C@H]2Oc2ccccc2S1(=O)=O. The molecule has 0 radical (unpaired) electrons. The van der Waals surface area contributed by atoms with Crippen molar-refractivity contribution in [3.8, 4) is 5.75 Å². The molecule has 2 aromatic rings.